The minimum Gasteiger partial charge on any atom is -0.379 e. The Balaban J connectivity index is 2.05. The topological polar surface area (TPSA) is 33.0 Å². The standard InChI is InChI=1S/C11H10FNOS/c12-10-2-1-8(4-13)9(3-10)7-15-11-5-14-6-11/h1-3,11H,5-7H2. The monoisotopic (exact) mass is 223 g/mol. The van der Waals surface area contributed by atoms with Gasteiger partial charge in [0, 0.05) is 5.75 Å². The highest BCUT2D eigenvalue weighted by Gasteiger charge is 2.19. The van der Waals surface area contributed by atoms with Crippen molar-refractivity contribution in [3.05, 3.63) is 35.1 Å². The molecule has 1 aromatic rings. The van der Waals surface area contributed by atoms with E-state index >= 15 is 0 Å². The smallest absolute Gasteiger partial charge is 0.123 e. The van der Waals surface area contributed by atoms with E-state index in [0.717, 1.165) is 18.8 Å². The minimum absolute atomic E-state index is 0.283. The van der Waals surface area contributed by atoms with E-state index in [9.17, 15) is 4.39 Å². The van der Waals surface area contributed by atoms with Crippen LogP contribution in [-0.4, -0.2) is 18.5 Å². The Bertz CT molecular complexity index is 398. The summed E-state index contributed by atoms with van der Waals surface area (Å²) in [6.45, 7) is 1.53. The van der Waals surface area contributed by atoms with Crippen LogP contribution < -0.4 is 0 Å². The molecule has 1 aromatic carbocycles. The first kappa shape index (κ1) is 10.5. The predicted octanol–water partition coefficient (Wildman–Crippen LogP) is 2.33. The first-order valence-corrected chi connectivity index (χ1v) is 5.72. The molecule has 4 heteroatoms. The third-order valence-corrected chi connectivity index (χ3v) is 3.49. The number of halogens is 1. The third-order valence-electron chi connectivity index (χ3n) is 2.27. The van der Waals surface area contributed by atoms with Crippen LogP contribution in [0.5, 0.6) is 0 Å². The van der Waals surface area contributed by atoms with E-state index in [0.29, 0.717) is 16.6 Å². The van der Waals surface area contributed by atoms with E-state index < -0.39 is 0 Å². The van der Waals surface area contributed by atoms with Crippen LogP contribution in [0.4, 0.5) is 4.39 Å². The lowest BCUT2D eigenvalue weighted by Crippen LogP contribution is -2.30. The number of ether oxygens (including phenoxy) is 1. The Hall–Kier alpha value is -1.05. The number of thioether (sulfide) groups is 1. The van der Waals surface area contributed by atoms with E-state index in [-0.39, 0.29) is 5.82 Å². The molecular weight excluding hydrogens is 213 g/mol. The van der Waals surface area contributed by atoms with Crippen molar-refractivity contribution in [3.63, 3.8) is 0 Å². The van der Waals surface area contributed by atoms with Crippen molar-refractivity contribution in [2.24, 2.45) is 0 Å². The van der Waals surface area contributed by atoms with Crippen LogP contribution in [0.3, 0.4) is 0 Å². The van der Waals surface area contributed by atoms with Crippen LogP contribution in [0.15, 0.2) is 18.2 Å². The van der Waals surface area contributed by atoms with Gasteiger partial charge in [-0.2, -0.15) is 5.26 Å². The summed E-state index contributed by atoms with van der Waals surface area (Å²) in [5.41, 5.74) is 1.33. The molecule has 0 unspecified atom stereocenters. The summed E-state index contributed by atoms with van der Waals surface area (Å²) in [4.78, 5) is 0. The summed E-state index contributed by atoms with van der Waals surface area (Å²) in [7, 11) is 0. The second-order valence-corrected chi connectivity index (χ2v) is 4.67. The van der Waals surface area contributed by atoms with Gasteiger partial charge in [0.25, 0.3) is 0 Å². The molecule has 1 aliphatic rings. The van der Waals surface area contributed by atoms with E-state index in [1.165, 1.54) is 18.2 Å². The van der Waals surface area contributed by atoms with Gasteiger partial charge in [0.15, 0.2) is 0 Å². The van der Waals surface area contributed by atoms with Gasteiger partial charge in [0.05, 0.1) is 30.1 Å². The SMILES string of the molecule is N#Cc1ccc(F)cc1CSC1COC1. The highest BCUT2D eigenvalue weighted by atomic mass is 32.2. The molecule has 2 nitrogen and oxygen atoms in total. The molecule has 15 heavy (non-hydrogen) atoms. The second-order valence-electron chi connectivity index (χ2n) is 3.38. The molecular formula is C11H10FNOS. The van der Waals surface area contributed by atoms with Crippen LogP contribution in [0.2, 0.25) is 0 Å². The Morgan fingerprint density at radius 3 is 2.93 bits per heavy atom. The number of nitriles is 1. The molecule has 0 spiro atoms. The zero-order chi connectivity index (χ0) is 10.7. The second kappa shape index (κ2) is 4.65. The fraction of sp³-hybridized carbons (Fsp3) is 0.364. The van der Waals surface area contributed by atoms with Crippen molar-refractivity contribution < 1.29 is 9.13 Å². The maximum atomic E-state index is 13.0. The molecule has 1 fully saturated rings. The van der Waals surface area contributed by atoms with Gasteiger partial charge in [-0.1, -0.05) is 0 Å². The highest BCUT2D eigenvalue weighted by Crippen LogP contribution is 2.25. The van der Waals surface area contributed by atoms with Crippen LogP contribution >= 0.6 is 11.8 Å². The van der Waals surface area contributed by atoms with Crippen molar-refractivity contribution >= 4 is 11.8 Å². The van der Waals surface area contributed by atoms with Crippen LogP contribution in [0.1, 0.15) is 11.1 Å². The van der Waals surface area contributed by atoms with E-state index in [1.54, 1.807) is 11.8 Å². The molecule has 0 N–H and O–H groups in total. The average molecular weight is 223 g/mol. The largest absolute Gasteiger partial charge is 0.379 e. The van der Waals surface area contributed by atoms with Gasteiger partial charge in [0.2, 0.25) is 0 Å². The van der Waals surface area contributed by atoms with Gasteiger partial charge >= 0.3 is 0 Å². The van der Waals surface area contributed by atoms with Gasteiger partial charge in [0.1, 0.15) is 5.82 Å². The summed E-state index contributed by atoms with van der Waals surface area (Å²) < 4.78 is 18.0. The van der Waals surface area contributed by atoms with Crippen molar-refractivity contribution in [2.45, 2.75) is 11.0 Å². The maximum Gasteiger partial charge on any atom is 0.123 e. The average Bonchev–Trinajstić information content (AvgIpc) is 2.16. The summed E-state index contributed by atoms with van der Waals surface area (Å²) >= 11 is 1.71. The van der Waals surface area contributed by atoms with E-state index in [1.807, 2.05) is 0 Å². The Kier molecular flexibility index (Phi) is 3.24. The van der Waals surface area contributed by atoms with Gasteiger partial charge in [-0.25, -0.2) is 4.39 Å². The summed E-state index contributed by atoms with van der Waals surface area (Å²) in [5.74, 6) is 0.392. The molecule has 0 aliphatic carbocycles. The summed E-state index contributed by atoms with van der Waals surface area (Å²) in [5, 5.41) is 9.34. The van der Waals surface area contributed by atoms with Gasteiger partial charge < -0.3 is 4.74 Å². The Morgan fingerprint density at radius 2 is 2.33 bits per heavy atom. The Labute approximate surface area is 92.0 Å². The number of rotatable bonds is 3. The molecule has 2 rings (SSSR count). The zero-order valence-corrected chi connectivity index (χ0v) is 8.89. The quantitative estimate of drug-likeness (QED) is 0.788. The lowest BCUT2D eigenvalue weighted by atomic mass is 10.1. The van der Waals surface area contributed by atoms with Crippen molar-refractivity contribution in [3.8, 4) is 6.07 Å². The van der Waals surface area contributed by atoms with Crippen LogP contribution in [0, 0.1) is 17.1 Å². The molecule has 0 atom stereocenters. The molecule has 1 heterocycles. The molecule has 0 radical (unpaired) electrons. The number of hydrogen-bond donors (Lipinski definition) is 0. The van der Waals surface area contributed by atoms with E-state index in [2.05, 4.69) is 6.07 Å². The fourth-order valence-corrected chi connectivity index (χ4v) is 2.35. The highest BCUT2D eigenvalue weighted by molar-refractivity contribution is 7.99. The molecule has 0 saturated carbocycles. The third kappa shape index (κ3) is 2.49. The fourth-order valence-electron chi connectivity index (χ4n) is 1.31. The molecule has 78 valence electrons. The predicted molar refractivity (Wildman–Crippen MR) is 57.0 cm³/mol. The molecule has 1 saturated heterocycles. The van der Waals surface area contributed by atoms with Gasteiger partial charge in [-0.3, -0.25) is 0 Å². The van der Waals surface area contributed by atoms with Crippen LogP contribution in [0.25, 0.3) is 0 Å². The first-order chi connectivity index (χ1) is 7.29. The summed E-state index contributed by atoms with van der Waals surface area (Å²) in [6.07, 6.45) is 0. The van der Waals surface area contributed by atoms with Crippen LogP contribution in [-0.2, 0) is 10.5 Å². The van der Waals surface area contributed by atoms with Crippen molar-refractivity contribution in [2.75, 3.05) is 13.2 Å². The molecule has 0 aromatic heterocycles. The molecule has 0 amide bonds. The lowest BCUT2D eigenvalue weighted by Gasteiger charge is -2.25. The lowest BCUT2D eigenvalue weighted by molar-refractivity contribution is 0.0455. The van der Waals surface area contributed by atoms with Crippen molar-refractivity contribution in [1.82, 2.24) is 0 Å². The van der Waals surface area contributed by atoms with E-state index in [4.69, 9.17) is 10.00 Å². The normalized spacial score (nSPS) is 15.7. The van der Waals surface area contributed by atoms with Gasteiger partial charge in [-0.05, 0) is 23.8 Å². The van der Waals surface area contributed by atoms with Crippen molar-refractivity contribution in [1.29, 1.82) is 5.26 Å². The number of benzene rings is 1. The number of hydrogen-bond acceptors (Lipinski definition) is 3. The maximum absolute atomic E-state index is 13.0. The molecule has 1 aliphatic heterocycles. The zero-order valence-electron chi connectivity index (χ0n) is 8.07. The minimum atomic E-state index is -0.283. The number of nitrogens with zero attached hydrogens (tertiary/aromatic N) is 1. The molecule has 0 bridgehead atoms. The first-order valence-electron chi connectivity index (χ1n) is 4.67. The Morgan fingerprint density at radius 1 is 1.53 bits per heavy atom. The van der Waals surface area contributed by atoms with Gasteiger partial charge in [-0.15, -0.1) is 11.8 Å². The summed E-state index contributed by atoms with van der Waals surface area (Å²) in [6, 6.07) is 6.36.